The molecule has 218 valence electrons. The van der Waals surface area contributed by atoms with Gasteiger partial charge in [-0.25, -0.2) is 9.86 Å². The second-order valence-corrected chi connectivity index (χ2v) is 9.44. The molecule has 0 spiro atoms. The molecule has 1 atom stereocenters. The molecule has 2 aromatic carbocycles. The maximum Gasteiger partial charge on any atom is 0.338 e. The SMILES string of the molecule is CCCCCC[C@H](CN(C=O)OCc1ccccc1)C(=O)NCNC(=O)c1ccc(-c2ccccc2C(=O)OC)o1. The quantitative estimate of drug-likeness (QED) is 0.0800. The maximum absolute atomic E-state index is 13.0. The van der Waals surface area contributed by atoms with Crippen molar-refractivity contribution < 1.29 is 33.2 Å². The molecule has 0 aliphatic rings. The zero-order chi connectivity index (χ0) is 29.5. The summed E-state index contributed by atoms with van der Waals surface area (Å²) >= 11 is 0. The van der Waals surface area contributed by atoms with Crippen LogP contribution in [0.4, 0.5) is 0 Å². The zero-order valence-corrected chi connectivity index (χ0v) is 23.5. The summed E-state index contributed by atoms with van der Waals surface area (Å²) in [5.41, 5.74) is 1.71. The number of unbranched alkanes of at least 4 members (excludes halogenated alkanes) is 3. The van der Waals surface area contributed by atoms with Gasteiger partial charge >= 0.3 is 5.97 Å². The summed E-state index contributed by atoms with van der Waals surface area (Å²) in [6.45, 7) is 2.26. The average molecular weight is 564 g/mol. The van der Waals surface area contributed by atoms with Gasteiger partial charge in [0.15, 0.2) is 5.76 Å². The smallest absolute Gasteiger partial charge is 0.338 e. The van der Waals surface area contributed by atoms with Crippen LogP contribution in [-0.2, 0) is 25.8 Å². The van der Waals surface area contributed by atoms with Crippen LogP contribution < -0.4 is 10.6 Å². The fraction of sp³-hybridized carbons (Fsp3) is 0.355. The maximum atomic E-state index is 13.0. The molecule has 3 amide bonds. The number of hydrogen-bond donors (Lipinski definition) is 2. The second kappa shape index (κ2) is 16.6. The molecule has 0 saturated heterocycles. The Hall–Kier alpha value is -4.44. The number of rotatable bonds is 17. The van der Waals surface area contributed by atoms with E-state index in [0.29, 0.717) is 29.7 Å². The van der Waals surface area contributed by atoms with Crippen LogP contribution in [0.15, 0.2) is 71.1 Å². The molecule has 1 aromatic heterocycles. The third kappa shape index (κ3) is 9.61. The van der Waals surface area contributed by atoms with Crippen molar-refractivity contribution in [3.63, 3.8) is 0 Å². The number of nitrogens with one attached hydrogen (secondary N) is 2. The van der Waals surface area contributed by atoms with Crippen LogP contribution in [0.2, 0.25) is 0 Å². The molecule has 0 radical (unpaired) electrons. The predicted molar refractivity (Wildman–Crippen MR) is 152 cm³/mol. The van der Waals surface area contributed by atoms with Crippen LogP contribution in [-0.4, -0.2) is 49.6 Å². The Morgan fingerprint density at radius 1 is 0.951 bits per heavy atom. The van der Waals surface area contributed by atoms with Gasteiger partial charge < -0.3 is 19.8 Å². The lowest BCUT2D eigenvalue weighted by molar-refractivity contribution is -0.182. The Balaban J connectivity index is 1.56. The number of amides is 3. The molecule has 0 unspecified atom stereocenters. The number of nitrogens with zero attached hydrogens (tertiary/aromatic N) is 1. The summed E-state index contributed by atoms with van der Waals surface area (Å²) in [6.07, 6.45) is 5.06. The van der Waals surface area contributed by atoms with Crippen molar-refractivity contribution in [1.82, 2.24) is 15.7 Å². The standard InChI is InChI=1S/C31H37N3O7/c1-3-4-5-9-14-24(19-34(22-35)40-20-23-12-7-6-8-13-23)29(36)32-21-33-30(37)28-18-17-27(41-28)25-15-10-11-16-26(25)31(38)39-2/h6-8,10-13,15-18,22,24H,3-5,9,14,19-21H2,1-2H3,(H,32,36)(H,33,37)/t24-/m1/s1. The molecule has 3 aromatic rings. The average Bonchev–Trinajstić information content (AvgIpc) is 3.51. The first-order valence-corrected chi connectivity index (χ1v) is 13.7. The highest BCUT2D eigenvalue weighted by Crippen LogP contribution is 2.26. The van der Waals surface area contributed by atoms with E-state index in [4.69, 9.17) is 14.0 Å². The van der Waals surface area contributed by atoms with E-state index in [-0.39, 0.29) is 31.5 Å². The Labute approximate surface area is 240 Å². The normalized spacial score (nSPS) is 11.4. The Bertz CT molecular complexity index is 1280. The van der Waals surface area contributed by atoms with E-state index in [9.17, 15) is 19.2 Å². The molecule has 2 N–H and O–H groups in total. The molecular formula is C31H37N3O7. The molecule has 0 bridgehead atoms. The lowest BCUT2D eigenvalue weighted by Crippen LogP contribution is -2.43. The van der Waals surface area contributed by atoms with E-state index in [1.807, 2.05) is 30.3 Å². The van der Waals surface area contributed by atoms with Crippen molar-refractivity contribution >= 4 is 24.2 Å². The van der Waals surface area contributed by atoms with Gasteiger partial charge in [-0.1, -0.05) is 81.1 Å². The first-order chi connectivity index (χ1) is 20.0. The molecule has 0 aliphatic heterocycles. The van der Waals surface area contributed by atoms with E-state index >= 15 is 0 Å². The number of hydrogen-bond acceptors (Lipinski definition) is 7. The first kappa shape index (κ1) is 31.1. The summed E-state index contributed by atoms with van der Waals surface area (Å²) in [4.78, 5) is 55.1. The highest BCUT2D eigenvalue weighted by molar-refractivity contribution is 5.97. The van der Waals surface area contributed by atoms with Crippen molar-refractivity contribution in [3.8, 4) is 11.3 Å². The van der Waals surface area contributed by atoms with Gasteiger partial charge in [0.1, 0.15) is 12.4 Å². The molecule has 0 fully saturated rings. The fourth-order valence-electron chi connectivity index (χ4n) is 4.23. The van der Waals surface area contributed by atoms with Crippen molar-refractivity contribution in [3.05, 3.63) is 83.6 Å². The minimum atomic E-state index is -0.535. The van der Waals surface area contributed by atoms with E-state index < -0.39 is 17.8 Å². The van der Waals surface area contributed by atoms with Crippen molar-refractivity contribution in [1.29, 1.82) is 0 Å². The fourth-order valence-corrected chi connectivity index (χ4v) is 4.23. The third-order valence-corrected chi connectivity index (χ3v) is 6.47. The zero-order valence-electron chi connectivity index (χ0n) is 23.5. The number of esters is 1. The van der Waals surface area contributed by atoms with Gasteiger partial charge in [-0.2, -0.15) is 0 Å². The van der Waals surface area contributed by atoms with Crippen LogP contribution >= 0.6 is 0 Å². The highest BCUT2D eigenvalue weighted by atomic mass is 16.7. The second-order valence-electron chi connectivity index (χ2n) is 9.44. The number of benzene rings is 2. The number of furan rings is 1. The van der Waals surface area contributed by atoms with E-state index in [0.717, 1.165) is 36.3 Å². The van der Waals surface area contributed by atoms with Gasteiger partial charge in [-0.05, 0) is 30.2 Å². The summed E-state index contributed by atoms with van der Waals surface area (Å²) in [7, 11) is 1.29. The summed E-state index contributed by atoms with van der Waals surface area (Å²) < 4.78 is 10.5. The van der Waals surface area contributed by atoms with Crippen LogP contribution in [0.1, 0.15) is 65.5 Å². The van der Waals surface area contributed by atoms with E-state index in [2.05, 4.69) is 17.6 Å². The van der Waals surface area contributed by atoms with Gasteiger partial charge in [-0.15, -0.1) is 0 Å². The number of carbonyl (C=O) groups excluding carboxylic acids is 4. The minimum Gasteiger partial charge on any atom is -0.465 e. The molecule has 0 saturated carbocycles. The monoisotopic (exact) mass is 563 g/mol. The largest absolute Gasteiger partial charge is 0.465 e. The third-order valence-electron chi connectivity index (χ3n) is 6.47. The summed E-state index contributed by atoms with van der Waals surface area (Å²) in [6, 6.07) is 19.3. The van der Waals surface area contributed by atoms with E-state index in [1.165, 1.54) is 13.2 Å². The topological polar surface area (TPSA) is 127 Å². The lowest BCUT2D eigenvalue weighted by atomic mass is 9.99. The Kier molecular flexibility index (Phi) is 12.6. The lowest BCUT2D eigenvalue weighted by Gasteiger charge is -2.23. The van der Waals surface area contributed by atoms with Crippen molar-refractivity contribution in [2.75, 3.05) is 20.3 Å². The molecule has 10 nitrogen and oxygen atoms in total. The molecular weight excluding hydrogens is 526 g/mol. The van der Waals surface area contributed by atoms with Gasteiger partial charge in [0.25, 0.3) is 5.91 Å². The molecule has 41 heavy (non-hydrogen) atoms. The van der Waals surface area contributed by atoms with Crippen molar-refractivity contribution in [2.45, 2.75) is 45.6 Å². The Morgan fingerprint density at radius 2 is 1.71 bits per heavy atom. The number of ether oxygens (including phenoxy) is 1. The van der Waals surface area contributed by atoms with Gasteiger partial charge in [0.2, 0.25) is 12.3 Å². The molecule has 1 heterocycles. The molecule has 10 heteroatoms. The van der Waals surface area contributed by atoms with Gasteiger partial charge in [-0.3, -0.25) is 19.2 Å². The number of carbonyl (C=O) groups is 4. The van der Waals surface area contributed by atoms with Gasteiger partial charge in [0, 0.05) is 5.56 Å². The van der Waals surface area contributed by atoms with Crippen LogP contribution in [0.25, 0.3) is 11.3 Å². The predicted octanol–water partition coefficient (Wildman–Crippen LogP) is 4.71. The molecule has 0 aliphatic carbocycles. The van der Waals surface area contributed by atoms with Crippen molar-refractivity contribution in [2.24, 2.45) is 5.92 Å². The van der Waals surface area contributed by atoms with E-state index in [1.54, 1.807) is 30.3 Å². The van der Waals surface area contributed by atoms with Crippen LogP contribution in [0, 0.1) is 5.92 Å². The number of methoxy groups -OCH3 is 1. The molecule has 3 rings (SSSR count). The van der Waals surface area contributed by atoms with Crippen LogP contribution in [0.3, 0.4) is 0 Å². The minimum absolute atomic E-state index is 0.0199. The highest BCUT2D eigenvalue weighted by Gasteiger charge is 2.22. The summed E-state index contributed by atoms with van der Waals surface area (Å²) in [5.74, 6) is -1.52. The first-order valence-electron chi connectivity index (χ1n) is 13.7. The Morgan fingerprint density at radius 3 is 2.44 bits per heavy atom. The van der Waals surface area contributed by atoms with Crippen LogP contribution in [0.5, 0.6) is 0 Å². The number of hydroxylamine groups is 2. The van der Waals surface area contributed by atoms with Gasteiger partial charge in [0.05, 0.1) is 31.8 Å². The summed E-state index contributed by atoms with van der Waals surface area (Å²) in [5, 5.41) is 6.49.